The Morgan fingerprint density at radius 2 is 2.03 bits per heavy atom. The molecule has 1 saturated carbocycles. The second-order valence-electron chi connectivity index (χ2n) is 9.86. The summed E-state index contributed by atoms with van der Waals surface area (Å²) in [5.41, 5.74) is 2.36. The Balaban J connectivity index is 1.30. The predicted molar refractivity (Wildman–Crippen MR) is 131 cm³/mol. The van der Waals surface area contributed by atoms with E-state index in [2.05, 4.69) is 57.4 Å². The Bertz CT molecular complexity index is 1170. The van der Waals surface area contributed by atoms with Crippen molar-refractivity contribution >= 4 is 33.3 Å². The van der Waals surface area contributed by atoms with Crippen LogP contribution in [0.3, 0.4) is 0 Å². The highest BCUT2D eigenvalue weighted by atomic mass is 32.1. The molecule has 2 atom stereocenters. The van der Waals surface area contributed by atoms with Gasteiger partial charge < -0.3 is 15.0 Å². The molecule has 1 aliphatic carbocycles. The maximum Gasteiger partial charge on any atom is 0.264 e. The van der Waals surface area contributed by atoms with Gasteiger partial charge in [0, 0.05) is 37.8 Å². The van der Waals surface area contributed by atoms with Gasteiger partial charge in [0.1, 0.15) is 17.0 Å². The fourth-order valence-electron chi connectivity index (χ4n) is 6.09. The minimum absolute atomic E-state index is 0.00808. The number of hydrogen-bond acceptors (Lipinski definition) is 6. The number of piperidine rings is 1. The van der Waals surface area contributed by atoms with Crippen molar-refractivity contribution < 1.29 is 9.53 Å². The zero-order valence-electron chi connectivity index (χ0n) is 19.0. The molecule has 2 saturated heterocycles. The number of amides is 1. The standard InChI is InChI=1S/C26H30N4O2S/c1-17-21-23(27-15-26(9-11-32-12-10-26)19-5-3-2-4-6-19)28-16-29-24(21)33-22(17)25(31)30-14-18-7-8-20(30)13-18/h2-6,16,18,20H,7-15H2,1H3,(H,27,28,29)/t18-,20+/m0/s1. The molecule has 6 nitrogen and oxygen atoms in total. The molecule has 1 amide bonds. The molecule has 3 aliphatic rings. The number of anilines is 1. The van der Waals surface area contributed by atoms with Crippen LogP contribution < -0.4 is 5.32 Å². The molecule has 0 radical (unpaired) electrons. The van der Waals surface area contributed by atoms with Crippen molar-refractivity contribution in [2.24, 2.45) is 5.92 Å². The maximum atomic E-state index is 13.4. The Morgan fingerprint density at radius 1 is 1.21 bits per heavy atom. The minimum atomic E-state index is 0.00808. The number of hydrogen-bond donors (Lipinski definition) is 1. The highest BCUT2D eigenvalue weighted by Gasteiger charge is 2.41. The fraction of sp³-hybridized carbons (Fsp3) is 0.500. The van der Waals surface area contributed by atoms with Crippen LogP contribution in [0.15, 0.2) is 36.7 Å². The van der Waals surface area contributed by atoms with E-state index < -0.39 is 0 Å². The van der Waals surface area contributed by atoms with Crippen molar-refractivity contribution in [3.05, 3.63) is 52.7 Å². The average molecular weight is 463 g/mol. The number of nitrogens with zero attached hydrogens (tertiary/aromatic N) is 3. The number of rotatable bonds is 5. The van der Waals surface area contributed by atoms with Gasteiger partial charge in [0.2, 0.25) is 0 Å². The van der Waals surface area contributed by atoms with Crippen molar-refractivity contribution in [1.29, 1.82) is 0 Å². The molecule has 172 valence electrons. The van der Waals surface area contributed by atoms with Gasteiger partial charge in [0.15, 0.2) is 0 Å². The molecule has 1 N–H and O–H groups in total. The first-order valence-electron chi connectivity index (χ1n) is 12.1. The zero-order valence-corrected chi connectivity index (χ0v) is 19.9. The van der Waals surface area contributed by atoms with E-state index in [1.807, 2.05) is 0 Å². The van der Waals surface area contributed by atoms with Crippen molar-refractivity contribution in [2.45, 2.75) is 50.5 Å². The third-order valence-electron chi connectivity index (χ3n) is 8.02. The SMILES string of the molecule is Cc1c(C(=O)N2C[C@H]3CC[C@@H]2C3)sc2ncnc(NCC3(c4ccccc4)CCOCC3)c12. The zero-order chi connectivity index (χ0) is 22.4. The van der Waals surface area contributed by atoms with Crippen molar-refractivity contribution in [2.75, 3.05) is 31.6 Å². The van der Waals surface area contributed by atoms with E-state index in [0.29, 0.717) is 12.0 Å². The summed E-state index contributed by atoms with van der Waals surface area (Å²) in [6.45, 7) is 5.28. The molecule has 0 spiro atoms. The largest absolute Gasteiger partial charge is 0.381 e. The number of fused-ring (bicyclic) bond motifs is 3. The normalized spacial score (nSPS) is 23.8. The number of likely N-dealkylation sites (tertiary alicyclic amines) is 1. The van der Waals surface area contributed by atoms with E-state index in [1.54, 1.807) is 6.33 Å². The van der Waals surface area contributed by atoms with Crippen molar-refractivity contribution in [1.82, 2.24) is 14.9 Å². The van der Waals surface area contributed by atoms with Crippen LogP contribution in [0.4, 0.5) is 5.82 Å². The van der Waals surface area contributed by atoms with E-state index in [4.69, 9.17) is 4.74 Å². The second kappa shape index (κ2) is 8.37. The summed E-state index contributed by atoms with van der Waals surface area (Å²) in [5.74, 6) is 1.70. The molecule has 3 fully saturated rings. The van der Waals surface area contributed by atoms with Crippen molar-refractivity contribution in [3.8, 4) is 0 Å². The van der Waals surface area contributed by atoms with Gasteiger partial charge in [-0.05, 0) is 56.1 Å². The monoisotopic (exact) mass is 462 g/mol. The van der Waals surface area contributed by atoms with Crippen LogP contribution in [0.2, 0.25) is 0 Å². The quantitative estimate of drug-likeness (QED) is 0.591. The summed E-state index contributed by atoms with van der Waals surface area (Å²) in [6, 6.07) is 11.2. The topological polar surface area (TPSA) is 67.4 Å². The van der Waals surface area contributed by atoms with Gasteiger partial charge >= 0.3 is 0 Å². The van der Waals surface area contributed by atoms with Crippen LogP contribution in [0.25, 0.3) is 10.2 Å². The molecule has 1 aromatic carbocycles. The second-order valence-corrected chi connectivity index (χ2v) is 10.9. The number of thiophene rings is 1. The van der Waals surface area contributed by atoms with Gasteiger partial charge in [-0.2, -0.15) is 0 Å². The molecule has 2 aromatic heterocycles. The van der Waals surface area contributed by atoms with Gasteiger partial charge in [-0.15, -0.1) is 11.3 Å². The number of carbonyl (C=O) groups is 1. The Morgan fingerprint density at radius 3 is 2.76 bits per heavy atom. The van der Waals surface area contributed by atoms with Gasteiger partial charge in [-0.1, -0.05) is 30.3 Å². The lowest BCUT2D eigenvalue weighted by Crippen LogP contribution is -2.40. The molecule has 33 heavy (non-hydrogen) atoms. The van der Waals surface area contributed by atoms with Crippen LogP contribution in [0, 0.1) is 12.8 Å². The van der Waals surface area contributed by atoms with Gasteiger partial charge in [-0.25, -0.2) is 9.97 Å². The van der Waals surface area contributed by atoms with E-state index in [9.17, 15) is 4.79 Å². The molecule has 0 unspecified atom stereocenters. The Hall–Kier alpha value is -2.51. The van der Waals surface area contributed by atoms with Crippen molar-refractivity contribution in [3.63, 3.8) is 0 Å². The summed E-state index contributed by atoms with van der Waals surface area (Å²) in [4.78, 5) is 26.4. The summed E-state index contributed by atoms with van der Waals surface area (Å²) in [7, 11) is 0. The average Bonchev–Trinajstić information content (AvgIpc) is 3.59. The van der Waals surface area contributed by atoms with E-state index in [0.717, 1.165) is 72.0 Å². The first-order chi connectivity index (χ1) is 16.1. The molecule has 4 heterocycles. The lowest BCUT2D eigenvalue weighted by Gasteiger charge is -2.38. The highest BCUT2D eigenvalue weighted by Crippen LogP contribution is 2.41. The third kappa shape index (κ3) is 3.62. The van der Waals surface area contributed by atoms with Gasteiger partial charge in [-0.3, -0.25) is 4.79 Å². The smallest absolute Gasteiger partial charge is 0.264 e. The van der Waals surface area contributed by atoms with Crippen LogP contribution in [-0.2, 0) is 10.2 Å². The summed E-state index contributed by atoms with van der Waals surface area (Å²) in [5, 5.41) is 4.65. The van der Waals surface area contributed by atoms with Crippen LogP contribution in [-0.4, -0.2) is 53.1 Å². The van der Waals surface area contributed by atoms with Gasteiger partial charge in [0.05, 0.1) is 10.3 Å². The fourth-order valence-corrected chi connectivity index (χ4v) is 7.19. The number of aromatic nitrogens is 2. The van der Waals surface area contributed by atoms with Gasteiger partial charge in [0.25, 0.3) is 5.91 Å². The summed E-state index contributed by atoms with van der Waals surface area (Å²) < 4.78 is 5.69. The molecule has 2 aliphatic heterocycles. The summed E-state index contributed by atoms with van der Waals surface area (Å²) in [6.07, 6.45) is 7.16. The Labute approximate surface area is 198 Å². The number of carbonyl (C=O) groups excluding carboxylic acids is 1. The number of ether oxygens (including phenoxy) is 1. The predicted octanol–water partition coefficient (Wildman–Crippen LogP) is 4.78. The summed E-state index contributed by atoms with van der Waals surface area (Å²) >= 11 is 1.51. The number of benzene rings is 1. The maximum absolute atomic E-state index is 13.4. The first kappa shape index (κ1) is 21.1. The van der Waals surface area contributed by atoms with E-state index in [-0.39, 0.29) is 11.3 Å². The van der Waals surface area contributed by atoms with E-state index in [1.165, 1.54) is 29.7 Å². The first-order valence-corrected chi connectivity index (χ1v) is 12.9. The van der Waals surface area contributed by atoms with Crippen LogP contribution in [0.5, 0.6) is 0 Å². The Kier molecular flexibility index (Phi) is 5.34. The lowest BCUT2D eigenvalue weighted by molar-refractivity contribution is 0.0543. The molecule has 3 aromatic rings. The van der Waals surface area contributed by atoms with Crippen LogP contribution >= 0.6 is 11.3 Å². The molecule has 2 bridgehead atoms. The minimum Gasteiger partial charge on any atom is -0.381 e. The van der Waals surface area contributed by atoms with E-state index >= 15 is 0 Å². The lowest BCUT2D eigenvalue weighted by atomic mass is 9.74. The molecular weight excluding hydrogens is 432 g/mol. The number of aryl methyl sites for hydroxylation is 1. The third-order valence-corrected chi connectivity index (χ3v) is 9.21. The molecule has 6 rings (SSSR count). The van der Waals surface area contributed by atoms with Crippen LogP contribution in [0.1, 0.15) is 52.9 Å². The molecule has 7 heteroatoms. The highest BCUT2D eigenvalue weighted by molar-refractivity contribution is 7.20. The molecular formula is C26H30N4O2S. The number of nitrogens with one attached hydrogen (secondary N) is 1.